The molecule has 0 saturated heterocycles. The number of halogens is 1. The van der Waals surface area contributed by atoms with E-state index in [2.05, 4.69) is 26.4 Å². The van der Waals surface area contributed by atoms with E-state index in [0.717, 1.165) is 11.8 Å². The fourth-order valence-corrected chi connectivity index (χ4v) is 3.43. The molecule has 3 N–H and O–H groups in total. The Balaban J connectivity index is 1.45. The van der Waals surface area contributed by atoms with E-state index in [1.807, 2.05) is 0 Å². The van der Waals surface area contributed by atoms with Gasteiger partial charge in [0.15, 0.2) is 16.1 Å². The average Bonchev–Trinajstić information content (AvgIpc) is 3.00. The molecule has 0 unspecified atom stereocenters. The molecule has 2 fully saturated rings. The van der Waals surface area contributed by atoms with Crippen molar-refractivity contribution in [1.82, 2.24) is 20.9 Å². The Morgan fingerprint density at radius 3 is 2.79 bits per heavy atom. The second-order valence-corrected chi connectivity index (χ2v) is 6.04. The number of nitrogens with one attached hydrogen (secondary N) is 3. The van der Waals surface area contributed by atoms with Gasteiger partial charge in [-0.25, -0.2) is 0 Å². The molecule has 5 nitrogen and oxygen atoms in total. The summed E-state index contributed by atoms with van der Waals surface area (Å²) in [6.45, 7) is 0. The highest BCUT2D eigenvalue weighted by molar-refractivity contribution is 7.80. The first-order chi connectivity index (χ1) is 9.20. The number of rotatable bonds is 3. The van der Waals surface area contributed by atoms with Crippen molar-refractivity contribution in [2.24, 2.45) is 11.8 Å². The molecule has 0 aromatic carbocycles. The highest BCUT2D eigenvalue weighted by atomic mass is 35.5. The molecule has 3 rings (SSSR count). The lowest BCUT2D eigenvalue weighted by molar-refractivity contribution is 0.390. The van der Waals surface area contributed by atoms with E-state index in [0.29, 0.717) is 22.1 Å². The molecule has 0 aliphatic heterocycles. The lowest BCUT2D eigenvalue weighted by Crippen LogP contribution is -2.46. The molecule has 1 heterocycles. The SMILES string of the molecule is S=C(NNc1ccc(Cl)nn1)N[C@H]1C[C@H]2CC[C@H]1C2. The Labute approximate surface area is 122 Å². The summed E-state index contributed by atoms with van der Waals surface area (Å²) in [5, 5.41) is 12.0. The maximum Gasteiger partial charge on any atom is 0.185 e. The number of fused-ring (bicyclic) bond motifs is 2. The van der Waals surface area contributed by atoms with E-state index in [9.17, 15) is 0 Å². The van der Waals surface area contributed by atoms with Crippen LogP contribution >= 0.6 is 23.8 Å². The molecule has 1 aromatic rings. The molecule has 0 amide bonds. The Kier molecular flexibility index (Phi) is 3.70. The van der Waals surface area contributed by atoms with Crippen molar-refractivity contribution >= 4 is 34.7 Å². The summed E-state index contributed by atoms with van der Waals surface area (Å²) in [5.41, 5.74) is 5.83. The summed E-state index contributed by atoms with van der Waals surface area (Å²) in [7, 11) is 0. The second-order valence-electron chi connectivity index (χ2n) is 5.25. The van der Waals surface area contributed by atoms with Crippen LogP contribution in [-0.2, 0) is 0 Å². The number of thiocarbonyl (C=S) groups is 1. The normalized spacial score (nSPS) is 28.2. The number of nitrogens with zero attached hydrogens (tertiary/aromatic N) is 2. The van der Waals surface area contributed by atoms with Crippen molar-refractivity contribution in [3.63, 3.8) is 0 Å². The molecule has 102 valence electrons. The fraction of sp³-hybridized carbons (Fsp3) is 0.583. The van der Waals surface area contributed by atoms with Crippen LogP contribution < -0.4 is 16.2 Å². The molecule has 19 heavy (non-hydrogen) atoms. The Morgan fingerprint density at radius 1 is 1.26 bits per heavy atom. The number of hydrazine groups is 1. The summed E-state index contributed by atoms with van der Waals surface area (Å²) in [6, 6.07) is 3.94. The third-order valence-electron chi connectivity index (χ3n) is 3.99. The Hall–Kier alpha value is -1.14. The van der Waals surface area contributed by atoms with Crippen LogP contribution in [0.4, 0.5) is 5.82 Å². The molecule has 0 spiro atoms. The zero-order chi connectivity index (χ0) is 13.2. The van der Waals surface area contributed by atoms with E-state index in [-0.39, 0.29) is 0 Å². The lowest BCUT2D eigenvalue weighted by atomic mass is 9.96. The number of hydrogen-bond acceptors (Lipinski definition) is 4. The maximum atomic E-state index is 5.66. The van der Waals surface area contributed by atoms with Crippen LogP contribution in [0.2, 0.25) is 5.15 Å². The molecular weight excluding hydrogens is 282 g/mol. The van der Waals surface area contributed by atoms with Crippen LogP contribution in [-0.4, -0.2) is 21.4 Å². The standard InChI is InChI=1S/C12H16ClN5S/c13-10-3-4-11(16-15-10)17-18-12(19)14-9-6-7-1-2-8(9)5-7/h3-4,7-9H,1-2,5-6H2,(H,16,17)(H2,14,18,19)/t7-,8-,9-/m0/s1. The van der Waals surface area contributed by atoms with Gasteiger partial charge in [-0.15, -0.1) is 10.2 Å². The van der Waals surface area contributed by atoms with Crippen molar-refractivity contribution in [3.8, 4) is 0 Å². The molecule has 7 heteroatoms. The summed E-state index contributed by atoms with van der Waals surface area (Å²) < 4.78 is 0. The van der Waals surface area contributed by atoms with Gasteiger partial charge < -0.3 is 5.32 Å². The smallest absolute Gasteiger partial charge is 0.185 e. The van der Waals surface area contributed by atoms with Crippen molar-refractivity contribution in [2.45, 2.75) is 31.7 Å². The van der Waals surface area contributed by atoms with E-state index in [1.54, 1.807) is 12.1 Å². The zero-order valence-corrected chi connectivity index (χ0v) is 12.0. The van der Waals surface area contributed by atoms with Gasteiger partial charge in [0.1, 0.15) is 0 Å². The predicted octanol–water partition coefficient (Wildman–Crippen LogP) is 2.11. The van der Waals surface area contributed by atoms with Crippen molar-refractivity contribution in [3.05, 3.63) is 17.3 Å². The first-order valence-electron chi connectivity index (χ1n) is 6.52. The highest BCUT2D eigenvalue weighted by Crippen LogP contribution is 2.44. The molecule has 0 radical (unpaired) electrons. The van der Waals surface area contributed by atoms with Gasteiger partial charge in [-0.2, -0.15) is 0 Å². The number of aromatic nitrogens is 2. The van der Waals surface area contributed by atoms with Gasteiger partial charge in [0.05, 0.1) is 0 Å². The average molecular weight is 298 g/mol. The van der Waals surface area contributed by atoms with Crippen LogP contribution in [0.5, 0.6) is 0 Å². The minimum Gasteiger partial charge on any atom is -0.358 e. The van der Waals surface area contributed by atoms with Gasteiger partial charge in [0, 0.05) is 6.04 Å². The third kappa shape index (κ3) is 3.06. The van der Waals surface area contributed by atoms with Gasteiger partial charge in [-0.1, -0.05) is 18.0 Å². The lowest BCUT2D eigenvalue weighted by Gasteiger charge is -2.24. The topological polar surface area (TPSA) is 61.9 Å². The number of anilines is 1. The van der Waals surface area contributed by atoms with Crippen LogP contribution in [0.25, 0.3) is 0 Å². The van der Waals surface area contributed by atoms with Gasteiger partial charge in [0.25, 0.3) is 0 Å². The minimum absolute atomic E-state index is 0.369. The molecule has 2 saturated carbocycles. The maximum absolute atomic E-state index is 5.66. The molecule has 2 bridgehead atoms. The van der Waals surface area contributed by atoms with Crippen molar-refractivity contribution < 1.29 is 0 Å². The first-order valence-corrected chi connectivity index (χ1v) is 7.31. The van der Waals surface area contributed by atoms with Gasteiger partial charge in [0.2, 0.25) is 0 Å². The molecular formula is C12H16ClN5S. The third-order valence-corrected chi connectivity index (χ3v) is 4.41. The van der Waals surface area contributed by atoms with Gasteiger partial charge >= 0.3 is 0 Å². The summed E-state index contributed by atoms with van der Waals surface area (Å²) >= 11 is 10.9. The molecule has 1 aromatic heterocycles. The summed E-state index contributed by atoms with van der Waals surface area (Å²) in [5.74, 6) is 2.28. The van der Waals surface area contributed by atoms with Crippen LogP contribution in [0, 0.1) is 11.8 Å². The highest BCUT2D eigenvalue weighted by Gasteiger charge is 2.39. The quantitative estimate of drug-likeness (QED) is 0.587. The van der Waals surface area contributed by atoms with E-state index in [4.69, 9.17) is 23.8 Å². The molecule has 2 aliphatic carbocycles. The van der Waals surface area contributed by atoms with Gasteiger partial charge in [-0.3, -0.25) is 10.9 Å². The summed E-state index contributed by atoms with van der Waals surface area (Å²) in [6.07, 6.45) is 5.33. The van der Waals surface area contributed by atoms with Crippen LogP contribution in [0.3, 0.4) is 0 Å². The van der Waals surface area contributed by atoms with E-state index in [1.165, 1.54) is 25.7 Å². The van der Waals surface area contributed by atoms with E-state index < -0.39 is 0 Å². The van der Waals surface area contributed by atoms with Gasteiger partial charge in [-0.05, 0) is 55.4 Å². The first kappa shape index (κ1) is 12.9. The van der Waals surface area contributed by atoms with Crippen LogP contribution in [0.1, 0.15) is 25.7 Å². The second kappa shape index (κ2) is 5.46. The minimum atomic E-state index is 0.369. The predicted molar refractivity (Wildman–Crippen MR) is 78.8 cm³/mol. The Morgan fingerprint density at radius 2 is 2.16 bits per heavy atom. The molecule has 2 aliphatic rings. The Bertz CT molecular complexity index is 466. The monoisotopic (exact) mass is 297 g/mol. The van der Waals surface area contributed by atoms with Crippen molar-refractivity contribution in [1.29, 1.82) is 0 Å². The fourth-order valence-electron chi connectivity index (χ4n) is 3.13. The van der Waals surface area contributed by atoms with Crippen LogP contribution in [0.15, 0.2) is 12.1 Å². The van der Waals surface area contributed by atoms with E-state index >= 15 is 0 Å². The largest absolute Gasteiger partial charge is 0.358 e. The van der Waals surface area contributed by atoms with Crippen molar-refractivity contribution in [2.75, 3.05) is 5.43 Å². The zero-order valence-electron chi connectivity index (χ0n) is 10.4. The molecule has 3 atom stereocenters. The number of hydrogen-bond donors (Lipinski definition) is 3. The summed E-state index contributed by atoms with van der Waals surface area (Å²) in [4.78, 5) is 0.